The minimum absolute atomic E-state index is 0.0140. The lowest BCUT2D eigenvalue weighted by molar-refractivity contribution is -0.122. The third kappa shape index (κ3) is 3.45. The van der Waals surface area contributed by atoms with Gasteiger partial charge < -0.3 is 5.32 Å². The predicted molar refractivity (Wildman–Crippen MR) is 111 cm³/mol. The van der Waals surface area contributed by atoms with Crippen molar-refractivity contribution < 1.29 is 4.79 Å². The summed E-state index contributed by atoms with van der Waals surface area (Å²) in [6.07, 6.45) is 6.62. The second kappa shape index (κ2) is 8.03. The van der Waals surface area contributed by atoms with Gasteiger partial charge >= 0.3 is 0 Å². The van der Waals surface area contributed by atoms with Crippen molar-refractivity contribution in [3.8, 4) is 0 Å². The fourth-order valence-electron chi connectivity index (χ4n) is 4.24. The van der Waals surface area contributed by atoms with Crippen LogP contribution in [0.3, 0.4) is 0 Å². The van der Waals surface area contributed by atoms with E-state index in [2.05, 4.69) is 22.4 Å². The topological polar surface area (TPSA) is 81.3 Å². The molecule has 2 unspecified atom stereocenters. The lowest BCUT2D eigenvalue weighted by Gasteiger charge is -2.29. The van der Waals surface area contributed by atoms with Crippen molar-refractivity contribution in [2.75, 3.05) is 0 Å². The number of carbonyl (C=O) groups is 1. The number of hydrogen-bond donors (Lipinski definition) is 1. The molecule has 0 bridgehead atoms. The third-order valence-corrected chi connectivity index (χ3v) is 6.75. The Labute approximate surface area is 167 Å². The van der Waals surface area contributed by atoms with Crippen LogP contribution >= 0.6 is 11.3 Å². The zero-order valence-corrected chi connectivity index (χ0v) is 17.3. The molecule has 1 N–H and O–H groups in total. The highest BCUT2D eigenvalue weighted by molar-refractivity contribution is 7.17. The zero-order chi connectivity index (χ0) is 19.7. The Balaban J connectivity index is 1.48. The molecular formula is C20H27N5O2S. The smallest absolute Gasteiger partial charge is 0.272 e. The number of amides is 1. The third-order valence-electron chi connectivity index (χ3n) is 5.86. The SMILES string of the molecule is CCn1c(=O)c2sccc2n2c(CCCC(=O)NC3CCCCC3C)nnc12. The lowest BCUT2D eigenvalue weighted by atomic mass is 9.86. The fraction of sp³-hybridized carbons (Fsp3) is 0.600. The van der Waals surface area contributed by atoms with Crippen molar-refractivity contribution in [1.29, 1.82) is 0 Å². The van der Waals surface area contributed by atoms with E-state index in [4.69, 9.17) is 0 Å². The summed E-state index contributed by atoms with van der Waals surface area (Å²) in [5.41, 5.74) is 0.843. The first-order valence-corrected chi connectivity index (χ1v) is 11.1. The quantitative estimate of drug-likeness (QED) is 0.688. The molecule has 1 aliphatic carbocycles. The van der Waals surface area contributed by atoms with Crippen LogP contribution in [0.4, 0.5) is 0 Å². The van der Waals surface area contributed by atoms with Gasteiger partial charge in [-0.15, -0.1) is 21.5 Å². The molecule has 0 aliphatic heterocycles. The van der Waals surface area contributed by atoms with Crippen molar-refractivity contribution in [2.45, 2.75) is 71.4 Å². The highest BCUT2D eigenvalue weighted by Gasteiger charge is 2.23. The van der Waals surface area contributed by atoms with Crippen LogP contribution in [-0.2, 0) is 17.8 Å². The first-order valence-electron chi connectivity index (χ1n) is 10.2. The van der Waals surface area contributed by atoms with Crippen molar-refractivity contribution in [2.24, 2.45) is 5.92 Å². The Kier molecular flexibility index (Phi) is 5.48. The minimum Gasteiger partial charge on any atom is -0.353 e. The van der Waals surface area contributed by atoms with Gasteiger partial charge in [-0.1, -0.05) is 19.8 Å². The molecule has 0 saturated heterocycles. The molecule has 28 heavy (non-hydrogen) atoms. The summed E-state index contributed by atoms with van der Waals surface area (Å²) in [5.74, 6) is 2.07. The summed E-state index contributed by atoms with van der Waals surface area (Å²) >= 11 is 1.44. The van der Waals surface area contributed by atoms with Gasteiger partial charge in [-0.05, 0) is 43.6 Å². The number of aromatic nitrogens is 4. The van der Waals surface area contributed by atoms with E-state index in [0.29, 0.717) is 43.5 Å². The normalized spacial score (nSPS) is 20.1. The number of thiophene rings is 1. The maximum absolute atomic E-state index is 12.6. The van der Waals surface area contributed by atoms with E-state index in [0.717, 1.165) is 22.5 Å². The number of carbonyl (C=O) groups excluding carboxylic acids is 1. The second-order valence-electron chi connectivity index (χ2n) is 7.73. The molecule has 0 radical (unpaired) electrons. The number of fused-ring (bicyclic) bond motifs is 3. The van der Waals surface area contributed by atoms with Gasteiger partial charge in [0.2, 0.25) is 11.7 Å². The molecule has 2 atom stereocenters. The molecule has 7 nitrogen and oxygen atoms in total. The highest BCUT2D eigenvalue weighted by atomic mass is 32.1. The van der Waals surface area contributed by atoms with Crippen LogP contribution in [0.1, 0.15) is 58.2 Å². The van der Waals surface area contributed by atoms with Crippen LogP contribution in [0.15, 0.2) is 16.2 Å². The molecule has 1 fully saturated rings. The van der Waals surface area contributed by atoms with Gasteiger partial charge in [0, 0.05) is 25.4 Å². The summed E-state index contributed by atoms with van der Waals surface area (Å²) in [6.45, 7) is 4.72. The Morgan fingerprint density at radius 1 is 1.32 bits per heavy atom. The molecule has 0 aromatic carbocycles. The first kappa shape index (κ1) is 19.1. The Morgan fingerprint density at radius 2 is 2.14 bits per heavy atom. The Hall–Kier alpha value is -2.22. The average Bonchev–Trinajstić information content (AvgIpc) is 3.31. The average molecular weight is 402 g/mol. The highest BCUT2D eigenvalue weighted by Crippen LogP contribution is 2.24. The zero-order valence-electron chi connectivity index (χ0n) is 16.5. The van der Waals surface area contributed by atoms with Crippen LogP contribution in [0.25, 0.3) is 16.0 Å². The van der Waals surface area contributed by atoms with Gasteiger partial charge in [-0.25, -0.2) is 0 Å². The van der Waals surface area contributed by atoms with Gasteiger partial charge in [-0.2, -0.15) is 0 Å². The summed E-state index contributed by atoms with van der Waals surface area (Å²) < 4.78 is 4.35. The largest absolute Gasteiger partial charge is 0.353 e. The fourth-order valence-corrected chi connectivity index (χ4v) is 5.07. The molecule has 1 saturated carbocycles. The van der Waals surface area contributed by atoms with Crippen molar-refractivity contribution in [1.82, 2.24) is 24.5 Å². The molecule has 4 rings (SSSR count). The summed E-state index contributed by atoms with van der Waals surface area (Å²) in [5, 5.41) is 13.7. The summed E-state index contributed by atoms with van der Waals surface area (Å²) in [4.78, 5) is 25.0. The van der Waals surface area contributed by atoms with E-state index >= 15 is 0 Å². The maximum Gasteiger partial charge on any atom is 0.272 e. The number of hydrogen-bond acceptors (Lipinski definition) is 5. The monoisotopic (exact) mass is 401 g/mol. The maximum atomic E-state index is 12.6. The molecule has 1 amide bonds. The van der Waals surface area contributed by atoms with Crippen molar-refractivity contribution >= 4 is 33.2 Å². The molecule has 1 aliphatic rings. The molecule has 3 aromatic heterocycles. The van der Waals surface area contributed by atoms with E-state index in [1.807, 2.05) is 22.8 Å². The molecule has 150 valence electrons. The Morgan fingerprint density at radius 3 is 2.93 bits per heavy atom. The number of rotatable bonds is 6. The molecule has 8 heteroatoms. The molecule has 0 spiro atoms. The van der Waals surface area contributed by atoms with Crippen LogP contribution in [-0.4, -0.2) is 31.1 Å². The predicted octanol–water partition coefficient (Wildman–Crippen LogP) is 3.14. The van der Waals surface area contributed by atoms with Gasteiger partial charge in [0.15, 0.2) is 0 Å². The van der Waals surface area contributed by atoms with Crippen LogP contribution in [0.5, 0.6) is 0 Å². The summed E-state index contributed by atoms with van der Waals surface area (Å²) in [6, 6.07) is 2.26. The standard InChI is InChI=1S/C20H27N5O2S/c1-3-24-19(27)18-15(11-12-28-18)25-16(22-23-20(24)25)9-6-10-17(26)21-14-8-5-4-7-13(14)2/h11-14H,3-10H2,1-2H3,(H,21,26). The number of nitrogens with zero attached hydrogens (tertiary/aromatic N) is 4. The molecular weight excluding hydrogens is 374 g/mol. The Bertz CT molecular complexity index is 1050. The van der Waals surface area contributed by atoms with E-state index in [9.17, 15) is 9.59 Å². The van der Waals surface area contributed by atoms with Gasteiger partial charge in [0.25, 0.3) is 5.56 Å². The van der Waals surface area contributed by atoms with E-state index in [1.54, 1.807) is 4.57 Å². The number of aryl methyl sites for hydroxylation is 2. The minimum atomic E-state index is -0.0140. The van der Waals surface area contributed by atoms with Crippen molar-refractivity contribution in [3.05, 3.63) is 27.6 Å². The van der Waals surface area contributed by atoms with Crippen LogP contribution < -0.4 is 10.9 Å². The van der Waals surface area contributed by atoms with E-state index in [1.165, 1.54) is 30.6 Å². The summed E-state index contributed by atoms with van der Waals surface area (Å²) in [7, 11) is 0. The first-order chi connectivity index (χ1) is 13.6. The lowest BCUT2D eigenvalue weighted by Crippen LogP contribution is -2.40. The van der Waals surface area contributed by atoms with Crippen LogP contribution in [0.2, 0.25) is 0 Å². The van der Waals surface area contributed by atoms with E-state index < -0.39 is 0 Å². The van der Waals surface area contributed by atoms with Gasteiger partial charge in [-0.3, -0.25) is 18.6 Å². The number of nitrogens with one attached hydrogen (secondary N) is 1. The van der Waals surface area contributed by atoms with Gasteiger partial charge in [0.05, 0.1) is 5.52 Å². The van der Waals surface area contributed by atoms with E-state index in [-0.39, 0.29) is 11.5 Å². The second-order valence-corrected chi connectivity index (χ2v) is 8.64. The van der Waals surface area contributed by atoms with Crippen LogP contribution in [0, 0.1) is 5.92 Å². The molecule has 3 aromatic rings. The van der Waals surface area contributed by atoms with Gasteiger partial charge in [0.1, 0.15) is 10.5 Å². The van der Waals surface area contributed by atoms with Crippen molar-refractivity contribution in [3.63, 3.8) is 0 Å². The molecule has 3 heterocycles.